The summed E-state index contributed by atoms with van der Waals surface area (Å²) in [5, 5.41) is 0. The quantitative estimate of drug-likeness (QED) is 0.685. The lowest BCUT2D eigenvalue weighted by molar-refractivity contribution is 0.407. The zero-order valence-electron chi connectivity index (χ0n) is 8.50. The van der Waals surface area contributed by atoms with Crippen molar-refractivity contribution in [2.45, 2.75) is 19.8 Å². The average Bonchev–Trinajstić information content (AvgIpc) is 2.16. The van der Waals surface area contributed by atoms with Gasteiger partial charge in [-0.2, -0.15) is 0 Å². The fourth-order valence-corrected chi connectivity index (χ4v) is 1.33. The molecule has 1 heteroatoms. The number of hydrogen-bond donors (Lipinski definition) is 0. The molecular formula is C12H16O. The van der Waals surface area contributed by atoms with Crippen LogP contribution in [0, 0.1) is 0 Å². The molecular weight excluding hydrogens is 160 g/mol. The van der Waals surface area contributed by atoms with Crippen molar-refractivity contribution in [1.29, 1.82) is 0 Å². The summed E-state index contributed by atoms with van der Waals surface area (Å²) < 4.78 is 5.30. The Labute approximate surface area is 80.0 Å². The minimum atomic E-state index is 0.494. The Morgan fingerprint density at radius 2 is 2.08 bits per heavy atom. The van der Waals surface area contributed by atoms with Gasteiger partial charge in [-0.3, -0.25) is 0 Å². The number of rotatable bonds is 3. The predicted molar refractivity (Wildman–Crippen MR) is 57.2 cm³/mol. The first-order chi connectivity index (χ1) is 6.19. The molecule has 13 heavy (non-hydrogen) atoms. The second-order valence-electron chi connectivity index (χ2n) is 3.36. The van der Waals surface area contributed by atoms with Crippen molar-refractivity contribution >= 4 is 6.08 Å². The fraction of sp³-hybridized carbons (Fsp3) is 0.333. The standard InChI is InChI=1S/C12H16O/c1-5-10-6-7-11(9(2)3)12(8-10)13-4/h5-9H,1H2,2-4H3. The summed E-state index contributed by atoms with van der Waals surface area (Å²) in [6, 6.07) is 6.17. The summed E-state index contributed by atoms with van der Waals surface area (Å²) in [7, 11) is 1.70. The molecule has 0 radical (unpaired) electrons. The zero-order chi connectivity index (χ0) is 9.84. The molecule has 1 nitrogen and oxygen atoms in total. The summed E-state index contributed by atoms with van der Waals surface area (Å²) >= 11 is 0. The average molecular weight is 176 g/mol. The highest BCUT2D eigenvalue weighted by molar-refractivity contribution is 5.52. The lowest BCUT2D eigenvalue weighted by Crippen LogP contribution is -1.94. The summed E-state index contributed by atoms with van der Waals surface area (Å²) in [6.45, 7) is 8.04. The molecule has 0 bridgehead atoms. The third-order valence-corrected chi connectivity index (χ3v) is 2.12. The molecule has 0 aliphatic heterocycles. The van der Waals surface area contributed by atoms with Crippen molar-refractivity contribution in [2.75, 3.05) is 7.11 Å². The molecule has 0 aromatic heterocycles. The summed E-state index contributed by atoms with van der Waals surface area (Å²) in [5.41, 5.74) is 2.34. The molecule has 0 saturated carbocycles. The molecule has 0 atom stereocenters. The van der Waals surface area contributed by atoms with Gasteiger partial charge in [-0.1, -0.05) is 38.6 Å². The number of methoxy groups -OCH3 is 1. The van der Waals surface area contributed by atoms with Crippen LogP contribution in [-0.4, -0.2) is 7.11 Å². The van der Waals surface area contributed by atoms with Crippen LogP contribution in [0.25, 0.3) is 6.08 Å². The van der Waals surface area contributed by atoms with E-state index in [2.05, 4.69) is 32.6 Å². The molecule has 0 amide bonds. The zero-order valence-corrected chi connectivity index (χ0v) is 8.50. The van der Waals surface area contributed by atoms with Crippen molar-refractivity contribution in [1.82, 2.24) is 0 Å². The first-order valence-corrected chi connectivity index (χ1v) is 4.49. The van der Waals surface area contributed by atoms with Gasteiger partial charge in [0.1, 0.15) is 5.75 Å². The van der Waals surface area contributed by atoms with Crippen LogP contribution < -0.4 is 4.74 Å². The van der Waals surface area contributed by atoms with Crippen molar-refractivity contribution < 1.29 is 4.74 Å². The van der Waals surface area contributed by atoms with Gasteiger partial charge in [-0.05, 0) is 23.1 Å². The van der Waals surface area contributed by atoms with Gasteiger partial charge < -0.3 is 4.74 Å². The predicted octanol–water partition coefficient (Wildman–Crippen LogP) is 3.46. The molecule has 1 rings (SSSR count). The maximum absolute atomic E-state index is 5.30. The molecule has 0 heterocycles. The Morgan fingerprint density at radius 3 is 2.54 bits per heavy atom. The van der Waals surface area contributed by atoms with E-state index >= 15 is 0 Å². The Bertz CT molecular complexity index is 300. The van der Waals surface area contributed by atoms with Crippen molar-refractivity contribution in [3.8, 4) is 5.75 Å². The van der Waals surface area contributed by atoms with Gasteiger partial charge in [-0.25, -0.2) is 0 Å². The lowest BCUT2D eigenvalue weighted by atomic mass is 10.0. The molecule has 1 aromatic carbocycles. The molecule has 0 aliphatic rings. The highest BCUT2D eigenvalue weighted by Crippen LogP contribution is 2.27. The smallest absolute Gasteiger partial charge is 0.122 e. The Kier molecular flexibility index (Phi) is 3.13. The third kappa shape index (κ3) is 2.11. The van der Waals surface area contributed by atoms with Crippen LogP contribution in [0.1, 0.15) is 30.9 Å². The molecule has 0 spiro atoms. The van der Waals surface area contributed by atoms with Crippen LogP contribution in [0.2, 0.25) is 0 Å². The van der Waals surface area contributed by atoms with E-state index in [0.717, 1.165) is 11.3 Å². The van der Waals surface area contributed by atoms with E-state index in [4.69, 9.17) is 4.74 Å². The SMILES string of the molecule is C=Cc1ccc(C(C)C)c(OC)c1. The number of ether oxygens (including phenoxy) is 1. The van der Waals surface area contributed by atoms with Crippen LogP contribution in [0.4, 0.5) is 0 Å². The van der Waals surface area contributed by atoms with Gasteiger partial charge in [0.2, 0.25) is 0 Å². The summed E-state index contributed by atoms with van der Waals surface area (Å²) in [5.74, 6) is 1.45. The van der Waals surface area contributed by atoms with E-state index in [9.17, 15) is 0 Å². The van der Waals surface area contributed by atoms with Crippen LogP contribution in [0.3, 0.4) is 0 Å². The second-order valence-corrected chi connectivity index (χ2v) is 3.36. The molecule has 1 aromatic rings. The second kappa shape index (κ2) is 4.13. The largest absolute Gasteiger partial charge is 0.496 e. The van der Waals surface area contributed by atoms with Gasteiger partial charge in [0.05, 0.1) is 7.11 Å². The molecule has 0 aliphatic carbocycles. The highest BCUT2D eigenvalue weighted by Gasteiger charge is 2.06. The van der Waals surface area contributed by atoms with Crippen LogP contribution in [0.5, 0.6) is 5.75 Å². The van der Waals surface area contributed by atoms with E-state index in [0.29, 0.717) is 5.92 Å². The Hall–Kier alpha value is -1.24. The maximum atomic E-state index is 5.30. The monoisotopic (exact) mass is 176 g/mol. The molecule has 0 saturated heterocycles. The van der Waals surface area contributed by atoms with Crippen molar-refractivity contribution in [3.05, 3.63) is 35.9 Å². The van der Waals surface area contributed by atoms with Crippen LogP contribution in [-0.2, 0) is 0 Å². The van der Waals surface area contributed by atoms with Gasteiger partial charge in [0.25, 0.3) is 0 Å². The van der Waals surface area contributed by atoms with Gasteiger partial charge in [-0.15, -0.1) is 0 Å². The van der Waals surface area contributed by atoms with E-state index in [1.807, 2.05) is 12.1 Å². The van der Waals surface area contributed by atoms with Crippen LogP contribution in [0.15, 0.2) is 24.8 Å². The minimum Gasteiger partial charge on any atom is -0.496 e. The minimum absolute atomic E-state index is 0.494. The molecule has 70 valence electrons. The Balaban J connectivity index is 3.15. The first-order valence-electron chi connectivity index (χ1n) is 4.49. The number of hydrogen-bond acceptors (Lipinski definition) is 1. The van der Waals surface area contributed by atoms with Gasteiger partial charge in [0, 0.05) is 0 Å². The molecule has 0 N–H and O–H groups in total. The molecule has 0 unspecified atom stereocenters. The van der Waals surface area contributed by atoms with E-state index in [1.54, 1.807) is 7.11 Å². The topological polar surface area (TPSA) is 9.23 Å². The van der Waals surface area contributed by atoms with E-state index in [1.165, 1.54) is 5.56 Å². The normalized spacial score (nSPS) is 10.2. The van der Waals surface area contributed by atoms with Crippen molar-refractivity contribution in [2.24, 2.45) is 0 Å². The molecule has 0 fully saturated rings. The lowest BCUT2D eigenvalue weighted by Gasteiger charge is -2.11. The Morgan fingerprint density at radius 1 is 1.38 bits per heavy atom. The fourth-order valence-electron chi connectivity index (χ4n) is 1.33. The van der Waals surface area contributed by atoms with E-state index in [-0.39, 0.29) is 0 Å². The van der Waals surface area contributed by atoms with Gasteiger partial charge >= 0.3 is 0 Å². The van der Waals surface area contributed by atoms with Crippen molar-refractivity contribution in [3.63, 3.8) is 0 Å². The maximum Gasteiger partial charge on any atom is 0.122 e. The summed E-state index contributed by atoms with van der Waals surface area (Å²) in [4.78, 5) is 0. The van der Waals surface area contributed by atoms with E-state index < -0.39 is 0 Å². The van der Waals surface area contributed by atoms with Gasteiger partial charge in [0.15, 0.2) is 0 Å². The van der Waals surface area contributed by atoms with Crippen LogP contribution >= 0.6 is 0 Å². The first kappa shape index (κ1) is 9.85. The third-order valence-electron chi connectivity index (χ3n) is 2.12. The summed E-state index contributed by atoms with van der Waals surface area (Å²) in [6.07, 6.45) is 1.83. The highest BCUT2D eigenvalue weighted by atomic mass is 16.5. The number of benzene rings is 1.